The van der Waals surface area contributed by atoms with Crippen LogP contribution < -0.4 is 5.32 Å². The van der Waals surface area contributed by atoms with Crippen molar-refractivity contribution in [2.24, 2.45) is 10.4 Å². The largest absolute Gasteiger partial charge is 0.381 e. The molecule has 0 aliphatic carbocycles. The molecule has 128 valence electrons. The quantitative estimate of drug-likeness (QED) is 0.630. The summed E-state index contributed by atoms with van der Waals surface area (Å²) in [5, 5.41) is 3.46. The van der Waals surface area contributed by atoms with Gasteiger partial charge in [0.25, 0.3) is 0 Å². The Balaban J connectivity index is 1.41. The van der Waals surface area contributed by atoms with Gasteiger partial charge in [-0.05, 0) is 40.9 Å². The third kappa shape index (κ3) is 3.02. The van der Waals surface area contributed by atoms with Crippen LogP contribution in [0.3, 0.4) is 0 Å². The lowest BCUT2D eigenvalue weighted by molar-refractivity contribution is 0.156. The Hall–Kier alpha value is -1.60. The Kier molecular flexibility index (Phi) is 4.22. The van der Waals surface area contributed by atoms with Crippen LogP contribution in [0, 0.1) is 5.41 Å². The highest BCUT2D eigenvalue weighted by atomic mass is 79.9. The van der Waals surface area contributed by atoms with Crippen molar-refractivity contribution in [3.8, 4) is 0 Å². The summed E-state index contributed by atoms with van der Waals surface area (Å²) in [5.41, 5.74) is 2.30. The van der Waals surface area contributed by atoms with Gasteiger partial charge < -0.3 is 19.4 Å². The fraction of sp³-hybridized carbons (Fsp3) is 0.529. The third-order valence-corrected chi connectivity index (χ3v) is 5.50. The van der Waals surface area contributed by atoms with Crippen LogP contribution in [0.1, 0.15) is 18.5 Å². The van der Waals surface area contributed by atoms with E-state index in [9.17, 15) is 0 Å². The molecule has 0 saturated carbocycles. The molecule has 7 heteroatoms. The van der Waals surface area contributed by atoms with Crippen LogP contribution in [0.15, 0.2) is 34.0 Å². The lowest BCUT2D eigenvalue weighted by Crippen LogP contribution is -2.41. The molecule has 4 heterocycles. The zero-order valence-electron chi connectivity index (χ0n) is 13.8. The molecule has 4 rings (SSSR count). The summed E-state index contributed by atoms with van der Waals surface area (Å²) in [6.45, 7) is 4.54. The second-order valence-corrected chi connectivity index (χ2v) is 7.64. The average Bonchev–Trinajstić information content (AvgIpc) is 3.29. The molecule has 1 N–H and O–H groups in total. The number of guanidine groups is 1. The van der Waals surface area contributed by atoms with Crippen LogP contribution >= 0.6 is 15.9 Å². The van der Waals surface area contributed by atoms with E-state index in [-0.39, 0.29) is 0 Å². The van der Waals surface area contributed by atoms with Gasteiger partial charge in [-0.1, -0.05) is 0 Å². The highest BCUT2D eigenvalue weighted by Gasteiger charge is 2.42. The predicted molar refractivity (Wildman–Crippen MR) is 97.1 cm³/mol. The molecule has 0 radical (unpaired) electrons. The number of rotatable bonds is 2. The van der Waals surface area contributed by atoms with E-state index in [2.05, 4.69) is 42.3 Å². The van der Waals surface area contributed by atoms with Gasteiger partial charge >= 0.3 is 0 Å². The summed E-state index contributed by atoms with van der Waals surface area (Å²) < 4.78 is 8.69. The smallest absolute Gasteiger partial charge is 0.193 e. The second kappa shape index (κ2) is 6.37. The number of pyridine rings is 1. The van der Waals surface area contributed by atoms with Crippen molar-refractivity contribution in [2.45, 2.75) is 19.4 Å². The van der Waals surface area contributed by atoms with E-state index in [4.69, 9.17) is 4.74 Å². The van der Waals surface area contributed by atoms with Gasteiger partial charge in [0, 0.05) is 49.0 Å². The molecule has 1 unspecified atom stereocenters. The summed E-state index contributed by atoms with van der Waals surface area (Å²) >= 11 is 3.49. The van der Waals surface area contributed by atoms with Crippen molar-refractivity contribution in [1.29, 1.82) is 0 Å². The van der Waals surface area contributed by atoms with Gasteiger partial charge in [0.15, 0.2) is 5.96 Å². The molecule has 2 fully saturated rings. The zero-order chi connectivity index (χ0) is 16.6. The molecule has 2 aliphatic heterocycles. The van der Waals surface area contributed by atoms with Crippen LogP contribution in [0.2, 0.25) is 0 Å². The maximum Gasteiger partial charge on any atom is 0.193 e. The zero-order valence-corrected chi connectivity index (χ0v) is 15.4. The standard InChI is InChI=1S/C17H22BrN5O/c1-19-16(22-6-4-17(11-22)5-7-24-12-17)20-8-14-10-23-9-13(18)2-3-15(23)21-14/h2-3,9-10H,4-8,11-12H2,1H3,(H,19,20). The Morgan fingerprint density at radius 2 is 2.33 bits per heavy atom. The number of hydrogen-bond acceptors (Lipinski definition) is 3. The first-order valence-electron chi connectivity index (χ1n) is 8.34. The fourth-order valence-electron chi connectivity index (χ4n) is 3.69. The van der Waals surface area contributed by atoms with Crippen molar-refractivity contribution in [3.05, 3.63) is 34.7 Å². The van der Waals surface area contributed by atoms with Gasteiger partial charge in [-0.25, -0.2) is 4.98 Å². The van der Waals surface area contributed by atoms with Crippen molar-refractivity contribution in [1.82, 2.24) is 19.6 Å². The van der Waals surface area contributed by atoms with Crippen LogP contribution in [0.5, 0.6) is 0 Å². The number of nitrogens with one attached hydrogen (secondary N) is 1. The SMILES string of the molecule is CN=C(NCc1cn2cc(Br)ccc2n1)N1CCC2(CCOC2)C1. The minimum absolute atomic E-state index is 0.340. The summed E-state index contributed by atoms with van der Waals surface area (Å²) in [4.78, 5) is 11.4. The number of aliphatic imine (C=N–C) groups is 1. The average molecular weight is 392 g/mol. The van der Waals surface area contributed by atoms with Crippen molar-refractivity contribution < 1.29 is 4.74 Å². The number of imidazole rings is 1. The molecule has 2 aromatic heterocycles. The predicted octanol–water partition coefficient (Wildman–Crippen LogP) is 2.28. The molecule has 2 saturated heterocycles. The molecule has 1 atom stereocenters. The number of nitrogens with zero attached hydrogens (tertiary/aromatic N) is 4. The number of fused-ring (bicyclic) bond motifs is 1. The van der Waals surface area contributed by atoms with Crippen LogP contribution in [0.4, 0.5) is 0 Å². The van der Waals surface area contributed by atoms with Gasteiger partial charge in [0.1, 0.15) is 5.65 Å². The number of aromatic nitrogens is 2. The third-order valence-electron chi connectivity index (χ3n) is 5.03. The highest BCUT2D eigenvalue weighted by molar-refractivity contribution is 9.10. The Labute approximate surface area is 150 Å². The minimum atomic E-state index is 0.340. The molecule has 6 nitrogen and oxygen atoms in total. The summed E-state index contributed by atoms with van der Waals surface area (Å²) in [6, 6.07) is 4.01. The van der Waals surface area contributed by atoms with E-state index in [1.165, 1.54) is 12.8 Å². The number of ether oxygens (including phenoxy) is 1. The minimum Gasteiger partial charge on any atom is -0.381 e. The van der Waals surface area contributed by atoms with Gasteiger partial charge in [0.05, 0.1) is 18.8 Å². The van der Waals surface area contributed by atoms with Crippen LogP contribution in [-0.2, 0) is 11.3 Å². The van der Waals surface area contributed by atoms with Crippen molar-refractivity contribution in [3.63, 3.8) is 0 Å². The molecular formula is C17H22BrN5O. The molecule has 0 amide bonds. The molecule has 0 bridgehead atoms. The maximum absolute atomic E-state index is 5.61. The van der Waals surface area contributed by atoms with E-state index >= 15 is 0 Å². The van der Waals surface area contributed by atoms with E-state index in [1.807, 2.05) is 29.8 Å². The molecule has 24 heavy (non-hydrogen) atoms. The molecular weight excluding hydrogens is 370 g/mol. The molecule has 0 aromatic carbocycles. The van der Waals surface area contributed by atoms with Gasteiger partial charge in [-0.2, -0.15) is 0 Å². The molecule has 2 aromatic rings. The first-order valence-corrected chi connectivity index (χ1v) is 9.13. The van der Waals surface area contributed by atoms with Crippen LogP contribution in [-0.4, -0.2) is 53.6 Å². The van der Waals surface area contributed by atoms with Crippen molar-refractivity contribution in [2.75, 3.05) is 33.4 Å². The van der Waals surface area contributed by atoms with Crippen molar-refractivity contribution >= 4 is 27.5 Å². The van der Waals surface area contributed by atoms with Gasteiger partial charge in [-0.3, -0.25) is 4.99 Å². The summed E-state index contributed by atoms with van der Waals surface area (Å²) in [7, 11) is 1.85. The van der Waals surface area contributed by atoms with Crippen LogP contribution in [0.25, 0.3) is 5.65 Å². The van der Waals surface area contributed by atoms with E-state index in [0.717, 1.165) is 48.1 Å². The molecule has 1 spiro atoms. The Morgan fingerprint density at radius 1 is 1.42 bits per heavy atom. The number of likely N-dealkylation sites (tertiary alicyclic amines) is 1. The maximum atomic E-state index is 5.61. The lowest BCUT2D eigenvalue weighted by atomic mass is 9.87. The van der Waals surface area contributed by atoms with Gasteiger partial charge in [0.2, 0.25) is 0 Å². The van der Waals surface area contributed by atoms with E-state index in [0.29, 0.717) is 12.0 Å². The number of halogens is 1. The lowest BCUT2D eigenvalue weighted by Gasteiger charge is -2.24. The normalized spacial score (nSPS) is 24.4. The van der Waals surface area contributed by atoms with E-state index in [1.54, 1.807) is 0 Å². The Bertz CT molecular complexity index is 765. The first kappa shape index (κ1) is 15.9. The van der Waals surface area contributed by atoms with E-state index < -0.39 is 0 Å². The molecule has 2 aliphatic rings. The number of hydrogen-bond donors (Lipinski definition) is 1. The highest BCUT2D eigenvalue weighted by Crippen LogP contribution is 2.38. The summed E-state index contributed by atoms with van der Waals surface area (Å²) in [5.74, 6) is 0.956. The monoisotopic (exact) mass is 391 g/mol. The fourth-order valence-corrected chi connectivity index (χ4v) is 4.04. The van der Waals surface area contributed by atoms with Gasteiger partial charge in [-0.15, -0.1) is 0 Å². The first-order chi connectivity index (χ1) is 11.7. The second-order valence-electron chi connectivity index (χ2n) is 6.72. The summed E-state index contributed by atoms with van der Waals surface area (Å²) in [6.07, 6.45) is 6.43. The topological polar surface area (TPSA) is 54.2 Å². The Morgan fingerprint density at radius 3 is 3.12 bits per heavy atom.